The highest BCUT2D eigenvalue weighted by Crippen LogP contribution is 2.33. The molecule has 2 N–H and O–H groups in total. The molecule has 0 aliphatic carbocycles. The second kappa shape index (κ2) is 8.20. The third kappa shape index (κ3) is 3.82. The Balaban J connectivity index is 1.88. The maximum absolute atomic E-state index is 13.3. The van der Waals surface area contributed by atoms with Crippen molar-refractivity contribution in [3.05, 3.63) is 47.7 Å². The third-order valence-corrected chi connectivity index (χ3v) is 5.17. The Morgan fingerprint density at radius 1 is 1.38 bits per heavy atom. The Kier molecular flexibility index (Phi) is 5.48. The van der Waals surface area contributed by atoms with E-state index < -0.39 is 6.43 Å². The van der Waals surface area contributed by atoms with Crippen LogP contribution in [-0.4, -0.2) is 27.7 Å². The molecule has 3 heterocycles. The highest BCUT2D eigenvalue weighted by atomic mass is 19.3. The van der Waals surface area contributed by atoms with Gasteiger partial charge in [-0.2, -0.15) is 5.11 Å². The summed E-state index contributed by atoms with van der Waals surface area (Å²) in [4.78, 5) is 9.15. The largest absolute Gasteiger partial charge is 0.382 e. The Morgan fingerprint density at radius 3 is 2.90 bits per heavy atom. The van der Waals surface area contributed by atoms with Crippen LogP contribution < -0.4 is 5.32 Å². The van der Waals surface area contributed by atoms with E-state index in [1.807, 2.05) is 0 Å². The van der Waals surface area contributed by atoms with Gasteiger partial charge in [0, 0.05) is 36.4 Å². The molecule has 1 aromatic carbocycles. The first-order chi connectivity index (χ1) is 14.1. The van der Waals surface area contributed by atoms with Crippen LogP contribution in [-0.2, 0) is 11.3 Å². The topological polar surface area (TPSA) is 88.2 Å². The number of alkyl halides is 2. The lowest BCUT2D eigenvalue weighted by atomic mass is 10.1. The Bertz CT molecular complexity index is 1070. The first-order valence-corrected chi connectivity index (χ1v) is 9.51. The van der Waals surface area contributed by atoms with Gasteiger partial charge in [0.25, 0.3) is 6.43 Å². The normalized spacial score (nSPS) is 16.1. The molecule has 3 aromatic rings. The minimum Gasteiger partial charge on any atom is -0.382 e. The number of halogens is 2. The van der Waals surface area contributed by atoms with Crippen molar-refractivity contribution in [3.8, 4) is 0 Å². The van der Waals surface area contributed by atoms with E-state index in [0.29, 0.717) is 41.9 Å². The highest BCUT2D eigenvalue weighted by molar-refractivity contribution is 6.02. The van der Waals surface area contributed by atoms with Crippen LogP contribution in [0.15, 0.2) is 41.4 Å². The summed E-state index contributed by atoms with van der Waals surface area (Å²) in [6.45, 7) is 3.46. The lowest BCUT2D eigenvalue weighted by molar-refractivity contribution is 0.0698. The number of pyridine rings is 1. The third-order valence-electron chi connectivity index (χ3n) is 5.17. The minimum absolute atomic E-state index is 0.0261. The Morgan fingerprint density at radius 2 is 2.17 bits per heavy atom. The van der Waals surface area contributed by atoms with Crippen molar-refractivity contribution < 1.29 is 13.5 Å². The second-order valence-electron chi connectivity index (χ2n) is 7.09. The van der Waals surface area contributed by atoms with Crippen LogP contribution in [0.3, 0.4) is 0 Å². The van der Waals surface area contributed by atoms with Crippen LogP contribution >= 0.6 is 0 Å². The molecule has 1 saturated heterocycles. The molecule has 0 spiro atoms. The molecule has 0 unspecified atom stereocenters. The van der Waals surface area contributed by atoms with Crippen LogP contribution in [0.5, 0.6) is 0 Å². The fourth-order valence-corrected chi connectivity index (χ4v) is 3.76. The highest BCUT2D eigenvalue weighted by Gasteiger charge is 2.23. The molecule has 1 fully saturated rings. The van der Waals surface area contributed by atoms with Crippen molar-refractivity contribution in [2.24, 2.45) is 5.11 Å². The molecule has 7 nitrogen and oxygen atoms in total. The van der Waals surface area contributed by atoms with E-state index in [4.69, 9.17) is 15.3 Å². The van der Waals surface area contributed by atoms with Crippen molar-refractivity contribution in [2.75, 3.05) is 13.2 Å². The van der Waals surface area contributed by atoms with E-state index in [9.17, 15) is 8.78 Å². The SMILES string of the molecule is C/C(=C/NCc1nc2cnc3ccc(C(F)F)cc3c2n1C1CCOCC1)N=N. The maximum atomic E-state index is 13.3. The predicted molar refractivity (Wildman–Crippen MR) is 105 cm³/mol. The van der Waals surface area contributed by atoms with Crippen LogP contribution in [0.4, 0.5) is 8.78 Å². The molecule has 152 valence electrons. The van der Waals surface area contributed by atoms with E-state index in [2.05, 4.69) is 20.0 Å². The van der Waals surface area contributed by atoms with Gasteiger partial charge in [-0.25, -0.2) is 19.3 Å². The lowest BCUT2D eigenvalue weighted by Crippen LogP contribution is -2.23. The van der Waals surface area contributed by atoms with Crippen LogP contribution in [0.25, 0.3) is 21.9 Å². The van der Waals surface area contributed by atoms with E-state index in [1.54, 1.807) is 25.4 Å². The Labute approximate surface area is 166 Å². The zero-order valence-corrected chi connectivity index (χ0v) is 16.0. The van der Waals surface area contributed by atoms with Crippen LogP contribution in [0.1, 0.15) is 43.6 Å². The summed E-state index contributed by atoms with van der Waals surface area (Å²) in [5.41, 5.74) is 9.73. The maximum Gasteiger partial charge on any atom is 0.263 e. The average Bonchev–Trinajstić information content (AvgIpc) is 3.12. The summed E-state index contributed by atoms with van der Waals surface area (Å²) >= 11 is 0. The molecule has 0 atom stereocenters. The molecule has 0 radical (unpaired) electrons. The number of rotatable bonds is 6. The smallest absolute Gasteiger partial charge is 0.263 e. The fraction of sp³-hybridized carbons (Fsp3) is 0.400. The number of nitrogens with one attached hydrogen (secondary N) is 2. The number of benzene rings is 1. The molecule has 0 amide bonds. The summed E-state index contributed by atoms with van der Waals surface area (Å²) in [6.07, 6.45) is 2.46. The molecule has 4 rings (SSSR count). The molecular formula is C20H22F2N6O. The van der Waals surface area contributed by atoms with Crippen molar-refractivity contribution in [1.82, 2.24) is 19.9 Å². The van der Waals surface area contributed by atoms with Gasteiger partial charge in [0.15, 0.2) is 0 Å². The van der Waals surface area contributed by atoms with E-state index >= 15 is 0 Å². The van der Waals surface area contributed by atoms with Gasteiger partial charge in [-0.15, -0.1) is 0 Å². The number of ether oxygens (including phenoxy) is 1. The van der Waals surface area contributed by atoms with Gasteiger partial charge in [-0.05, 0) is 31.9 Å². The molecule has 29 heavy (non-hydrogen) atoms. The minimum atomic E-state index is -2.54. The molecular weight excluding hydrogens is 378 g/mol. The summed E-state index contributed by atoms with van der Waals surface area (Å²) in [5.74, 6) is 0.790. The number of hydrogen-bond donors (Lipinski definition) is 2. The second-order valence-corrected chi connectivity index (χ2v) is 7.09. The molecule has 1 aliphatic heterocycles. The molecule has 0 bridgehead atoms. The van der Waals surface area contributed by atoms with Crippen LogP contribution in [0.2, 0.25) is 0 Å². The lowest BCUT2D eigenvalue weighted by Gasteiger charge is -2.26. The van der Waals surface area contributed by atoms with Crippen molar-refractivity contribution in [2.45, 2.75) is 38.8 Å². The van der Waals surface area contributed by atoms with E-state index in [0.717, 1.165) is 24.2 Å². The molecule has 0 saturated carbocycles. The van der Waals surface area contributed by atoms with Gasteiger partial charge in [0.1, 0.15) is 11.3 Å². The van der Waals surface area contributed by atoms with E-state index in [1.165, 1.54) is 12.1 Å². The van der Waals surface area contributed by atoms with E-state index in [-0.39, 0.29) is 11.6 Å². The number of fused-ring (bicyclic) bond motifs is 3. The van der Waals surface area contributed by atoms with Gasteiger partial charge in [-0.3, -0.25) is 4.98 Å². The quantitative estimate of drug-likeness (QED) is 0.579. The van der Waals surface area contributed by atoms with Gasteiger partial charge in [-0.1, -0.05) is 6.07 Å². The monoisotopic (exact) mass is 400 g/mol. The van der Waals surface area contributed by atoms with Crippen LogP contribution in [0, 0.1) is 5.53 Å². The number of aromatic nitrogens is 3. The summed E-state index contributed by atoms with van der Waals surface area (Å²) in [6, 6.07) is 4.74. The number of nitrogens with zero attached hydrogens (tertiary/aromatic N) is 4. The van der Waals surface area contributed by atoms with Gasteiger partial charge >= 0.3 is 0 Å². The summed E-state index contributed by atoms with van der Waals surface area (Å²) < 4.78 is 34.3. The first kappa shape index (κ1) is 19.4. The molecule has 9 heteroatoms. The average molecular weight is 400 g/mol. The van der Waals surface area contributed by atoms with Gasteiger partial charge < -0.3 is 14.6 Å². The standard InChI is InChI=1S/C20H22F2N6O/c1-12(27-23)9-24-11-18-26-17-10-25-16-3-2-13(20(21)22)8-15(16)19(17)28(18)14-4-6-29-7-5-14/h2-3,8-10,14,20,23-24H,4-7,11H2,1H3/b12-9-,27-23?. The zero-order chi connectivity index (χ0) is 20.4. The summed E-state index contributed by atoms with van der Waals surface area (Å²) in [7, 11) is 0. The molecule has 1 aliphatic rings. The van der Waals surface area contributed by atoms with Crippen molar-refractivity contribution in [1.29, 1.82) is 5.53 Å². The zero-order valence-electron chi connectivity index (χ0n) is 16.0. The number of hydrogen-bond acceptors (Lipinski definition) is 6. The van der Waals surface area contributed by atoms with Gasteiger partial charge in [0.2, 0.25) is 0 Å². The fourth-order valence-electron chi connectivity index (χ4n) is 3.76. The first-order valence-electron chi connectivity index (χ1n) is 9.51. The predicted octanol–water partition coefficient (Wildman–Crippen LogP) is 4.86. The van der Waals surface area contributed by atoms with Crippen molar-refractivity contribution in [3.63, 3.8) is 0 Å². The van der Waals surface area contributed by atoms with Gasteiger partial charge in [0.05, 0.1) is 29.5 Å². The Hall–Kier alpha value is -2.94. The number of imidazole rings is 1. The van der Waals surface area contributed by atoms with Crippen molar-refractivity contribution >= 4 is 21.9 Å². The molecule has 2 aromatic heterocycles. The summed E-state index contributed by atoms with van der Waals surface area (Å²) in [5, 5.41) is 7.18. The number of allylic oxidation sites excluding steroid dienone is 1.